The highest BCUT2D eigenvalue weighted by atomic mass is 19.1. The lowest BCUT2D eigenvalue weighted by Crippen LogP contribution is -2.19. The van der Waals surface area contributed by atoms with Gasteiger partial charge < -0.3 is 15.1 Å². The highest BCUT2D eigenvalue weighted by molar-refractivity contribution is 5.89. The number of carbonyl (C=O) groups excluding carboxylic acids is 2. The number of aromatic amines is 1. The molecule has 1 aromatic rings. The molecule has 104 valence electrons. The standard InChI is InChI=1S/C12H16FN3O3/c1-8(17)5-3-2-4-6-10(18)15-11-9(13)7-14-12(19)16-11/h7H,2-6H2,1H3,(H2,14,15,16,18,19). The Labute approximate surface area is 109 Å². The van der Waals surface area contributed by atoms with Crippen molar-refractivity contribution in [1.82, 2.24) is 9.97 Å². The number of ketones is 1. The Hall–Kier alpha value is -2.05. The Balaban J connectivity index is 2.33. The van der Waals surface area contributed by atoms with E-state index < -0.39 is 17.4 Å². The Morgan fingerprint density at radius 2 is 2.00 bits per heavy atom. The van der Waals surface area contributed by atoms with E-state index in [0.29, 0.717) is 12.8 Å². The molecule has 0 saturated carbocycles. The van der Waals surface area contributed by atoms with Crippen molar-refractivity contribution in [2.24, 2.45) is 0 Å². The van der Waals surface area contributed by atoms with Gasteiger partial charge in [0, 0.05) is 19.0 Å². The third-order valence-electron chi connectivity index (χ3n) is 2.45. The summed E-state index contributed by atoms with van der Waals surface area (Å²) in [6.07, 6.45) is 3.64. The normalized spacial score (nSPS) is 10.2. The predicted octanol–water partition coefficient (Wildman–Crippen LogP) is 1.39. The first-order chi connectivity index (χ1) is 8.99. The van der Waals surface area contributed by atoms with Crippen LogP contribution in [-0.4, -0.2) is 21.7 Å². The zero-order valence-electron chi connectivity index (χ0n) is 10.7. The lowest BCUT2D eigenvalue weighted by Gasteiger charge is -2.04. The van der Waals surface area contributed by atoms with Crippen LogP contribution in [0.2, 0.25) is 0 Å². The third kappa shape index (κ3) is 5.89. The van der Waals surface area contributed by atoms with Crippen LogP contribution in [0.3, 0.4) is 0 Å². The van der Waals surface area contributed by atoms with Crippen LogP contribution in [0.25, 0.3) is 0 Å². The number of hydrogen-bond acceptors (Lipinski definition) is 4. The molecule has 1 heterocycles. The van der Waals surface area contributed by atoms with E-state index in [1.54, 1.807) is 0 Å². The van der Waals surface area contributed by atoms with Crippen molar-refractivity contribution in [3.05, 3.63) is 22.5 Å². The van der Waals surface area contributed by atoms with Crippen molar-refractivity contribution in [1.29, 1.82) is 0 Å². The smallest absolute Gasteiger partial charge is 0.310 e. The average molecular weight is 269 g/mol. The van der Waals surface area contributed by atoms with Gasteiger partial charge in [0.2, 0.25) is 5.91 Å². The van der Waals surface area contributed by atoms with Gasteiger partial charge >= 0.3 is 5.69 Å². The zero-order chi connectivity index (χ0) is 14.3. The number of H-pyrrole nitrogens is 1. The first kappa shape index (κ1) is 15.0. The molecule has 1 aromatic heterocycles. The van der Waals surface area contributed by atoms with E-state index in [9.17, 15) is 18.8 Å². The Kier molecular flexibility index (Phi) is 5.84. The SMILES string of the molecule is CC(=O)CCCCCC(=O)Nc1nc(=O)[nH]cc1F. The first-order valence-corrected chi connectivity index (χ1v) is 6.03. The van der Waals surface area contributed by atoms with Gasteiger partial charge in [0.15, 0.2) is 11.6 Å². The maximum absolute atomic E-state index is 13.2. The number of nitrogens with one attached hydrogen (secondary N) is 2. The topological polar surface area (TPSA) is 91.9 Å². The Bertz CT molecular complexity index is 513. The van der Waals surface area contributed by atoms with Crippen molar-refractivity contribution in [3.8, 4) is 0 Å². The Morgan fingerprint density at radius 1 is 1.32 bits per heavy atom. The molecular formula is C12H16FN3O3. The van der Waals surface area contributed by atoms with Gasteiger partial charge in [-0.1, -0.05) is 6.42 Å². The van der Waals surface area contributed by atoms with Crippen molar-refractivity contribution in [3.63, 3.8) is 0 Å². The van der Waals surface area contributed by atoms with E-state index in [0.717, 1.165) is 19.0 Å². The number of hydrogen-bond donors (Lipinski definition) is 2. The largest absolute Gasteiger partial charge is 0.347 e. The minimum Gasteiger partial charge on any atom is -0.310 e. The summed E-state index contributed by atoms with van der Waals surface area (Å²) in [5.74, 6) is -1.43. The fourth-order valence-electron chi connectivity index (χ4n) is 1.50. The van der Waals surface area contributed by atoms with Crippen molar-refractivity contribution < 1.29 is 14.0 Å². The van der Waals surface area contributed by atoms with E-state index in [-0.39, 0.29) is 18.0 Å². The van der Waals surface area contributed by atoms with Gasteiger partial charge in [0.25, 0.3) is 0 Å². The van der Waals surface area contributed by atoms with Crippen LogP contribution in [0, 0.1) is 5.82 Å². The number of rotatable bonds is 7. The molecule has 0 atom stereocenters. The molecule has 19 heavy (non-hydrogen) atoms. The van der Waals surface area contributed by atoms with Crippen molar-refractivity contribution >= 4 is 17.5 Å². The van der Waals surface area contributed by atoms with Crippen molar-refractivity contribution in [2.75, 3.05) is 5.32 Å². The third-order valence-corrected chi connectivity index (χ3v) is 2.45. The van der Waals surface area contributed by atoms with Crippen molar-refractivity contribution in [2.45, 2.75) is 39.0 Å². The molecule has 2 N–H and O–H groups in total. The summed E-state index contributed by atoms with van der Waals surface area (Å²) in [5.41, 5.74) is -0.724. The van der Waals surface area contributed by atoms with E-state index in [4.69, 9.17) is 0 Å². The molecule has 6 nitrogen and oxygen atoms in total. The van der Waals surface area contributed by atoms with Gasteiger partial charge in [-0.25, -0.2) is 9.18 Å². The lowest BCUT2D eigenvalue weighted by molar-refractivity contribution is -0.117. The average Bonchev–Trinajstić information content (AvgIpc) is 2.33. The summed E-state index contributed by atoms with van der Waals surface area (Å²) in [7, 11) is 0. The van der Waals surface area contributed by atoms with Gasteiger partial charge in [0.05, 0.1) is 0 Å². The predicted molar refractivity (Wildman–Crippen MR) is 67.2 cm³/mol. The molecule has 1 amide bonds. The summed E-state index contributed by atoms with van der Waals surface area (Å²) in [6.45, 7) is 1.52. The van der Waals surface area contributed by atoms with E-state index in [1.807, 2.05) is 0 Å². The summed E-state index contributed by atoms with van der Waals surface area (Å²) in [4.78, 5) is 38.4. The van der Waals surface area contributed by atoms with Crippen LogP contribution in [0.1, 0.15) is 39.0 Å². The summed E-state index contributed by atoms with van der Waals surface area (Å²) < 4.78 is 13.2. The van der Waals surface area contributed by atoms with E-state index >= 15 is 0 Å². The monoisotopic (exact) mass is 269 g/mol. The molecule has 0 bridgehead atoms. The van der Waals surface area contributed by atoms with Gasteiger partial charge in [-0.05, 0) is 19.8 Å². The van der Waals surface area contributed by atoms with Crippen LogP contribution in [0.5, 0.6) is 0 Å². The van der Waals surface area contributed by atoms with Gasteiger partial charge in [-0.3, -0.25) is 4.79 Å². The number of unbranched alkanes of at least 4 members (excludes halogenated alkanes) is 2. The highest BCUT2D eigenvalue weighted by Gasteiger charge is 2.08. The molecule has 0 aliphatic rings. The number of amides is 1. The molecule has 0 radical (unpaired) electrons. The van der Waals surface area contributed by atoms with Gasteiger partial charge in [-0.15, -0.1) is 0 Å². The fourth-order valence-corrected chi connectivity index (χ4v) is 1.50. The van der Waals surface area contributed by atoms with Crippen LogP contribution in [0.4, 0.5) is 10.2 Å². The molecule has 0 fully saturated rings. The highest BCUT2D eigenvalue weighted by Crippen LogP contribution is 2.08. The molecule has 0 spiro atoms. The molecular weight excluding hydrogens is 253 g/mol. The number of carbonyl (C=O) groups is 2. The molecule has 0 aliphatic carbocycles. The number of aromatic nitrogens is 2. The first-order valence-electron chi connectivity index (χ1n) is 6.03. The zero-order valence-corrected chi connectivity index (χ0v) is 10.7. The number of nitrogens with zero attached hydrogens (tertiary/aromatic N) is 1. The number of anilines is 1. The fraction of sp³-hybridized carbons (Fsp3) is 0.500. The molecule has 0 saturated heterocycles. The summed E-state index contributed by atoms with van der Waals surface area (Å²) >= 11 is 0. The second kappa shape index (κ2) is 7.40. The maximum atomic E-state index is 13.2. The van der Waals surface area contributed by atoms with E-state index in [1.165, 1.54) is 6.92 Å². The quantitative estimate of drug-likeness (QED) is 0.731. The Morgan fingerprint density at radius 3 is 2.68 bits per heavy atom. The van der Waals surface area contributed by atoms with Gasteiger partial charge in [-0.2, -0.15) is 4.98 Å². The molecule has 7 heteroatoms. The molecule has 0 unspecified atom stereocenters. The van der Waals surface area contributed by atoms with E-state index in [2.05, 4.69) is 15.3 Å². The second-order valence-electron chi connectivity index (χ2n) is 4.21. The van der Waals surface area contributed by atoms with Crippen LogP contribution in [0.15, 0.2) is 11.0 Å². The summed E-state index contributed by atoms with van der Waals surface area (Å²) in [5, 5.41) is 2.24. The van der Waals surface area contributed by atoms with Crippen LogP contribution < -0.4 is 11.0 Å². The lowest BCUT2D eigenvalue weighted by atomic mass is 10.1. The maximum Gasteiger partial charge on any atom is 0.347 e. The number of halogens is 1. The molecule has 0 aliphatic heterocycles. The minimum absolute atomic E-state index is 0.124. The second-order valence-corrected chi connectivity index (χ2v) is 4.21. The van der Waals surface area contributed by atoms with Gasteiger partial charge in [0.1, 0.15) is 5.78 Å². The van der Waals surface area contributed by atoms with Crippen LogP contribution in [-0.2, 0) is 9.59 Å². The molecule has 0 aromatic carbocycles. The van der Waals surface area contributed by atoms with Crippen LogP contribution >= 0.6 is 0 Å². The molecule has 1 rings (SSSR count). The number of Topliss-reactive ketones (excluding diaryl/α,β-unsaturated/α-hetero) is 1. The summed E-state index contributed by atoms with van der Waals surface area (Å²) in [6, 6.07) is 0. The minimum atomic E-state index is -0.787.